The minimum Gasteiger partial charge on any atom is -0.303 e. The Hall–Kier alpha value is 0.310. The van der Waals surface area contributed by atoms with Gasteiger partial charge in [-0.25, -0.2) is 0 Å². The lowest BCUT2D eigenvalue weighted by Crippen LogP contribution is -2.30. The smallest absolute Gasteiger partial charge is 0.00148 e. The van der Waals surface area contributed by atoms with E-state index < -0.39 is 0 Å². The molecular formula is C12H25NS. The predicted octanol–water partition coefficient (Wildman–Crippen LogP) is 3.06. The van der Waals surface area contributed by atoms with Crippen LogP contribution in [0.1, 0.15) is 40.0 Å². The second-order valence-corrected chi connectivity index (χ2v) is 5.97. The van der Waals surface area contributed by atoms with Gasteiger partial charge in [0.1, 0.15) is 0 Å². The Kier molecular flexibility index (Phi) is 4.78. The SMILES string of the molecule is CC(CS)CN1CCCC(C)(C)CC1. The summed E-state index contributed by atoms with van der Waals surface area (Å²) in [5.41, 5.74) is 0.568. The van der Waals surface area contributed by atoms with Crippen molar-refractivity contribution in [2.75, 3.05) is 25.4 Å². The highest BCUT2D eigenvalue weighted by molar-refractivity contribution is 7.80. The third-order valence-corrected chi connectivity index (χ3v) is 3.94. The molecule has 1 rings (SSSR count). The van der Waals surface area contributed by atoms with Crippen molar-refractivity contribution >= 4 is 12.6 Å². The van der Waals surface area contributed by atoms with Gasteiger partial charge < -0.3 is 4.90 Å². The quantitative estimate of drug-likeness (QED) is 0.708. The van der Waals surface area contributed by atoms with Crippen molar-refractivity contribution in [3.63, 3.8) is 0 Å². The highest BCUT2D eigenvalue weighted by Gasteiger charge is 2.23. The zero-order valence-corrected chi connectivity index (χ0v) is 10.8. The molecule has 1 aliphatic heterocycles. The summed E-state index contributed by atoms with van der Waals surface area (Å²) in [5.74, 6) is 1.75. The highest BCUT2D eigenvalue weighted by Crippen LogP contribution is 2.29. The van der Waals surface area contributed by atoms with Gasteiger partial charge in [0.05, 0.1) is 0 Å². The van der Waals surface area contributed by atoms with Gasteiger partial charge in [-0.2, -0.15) is 12.6 Å². The van der Waals surface area contributed by atoms with Gasteiger partial charge in [-0.3, -0.25) is 0 Å². The Morgan fingerprint density at radius 3 is 2.64 bits per heavy atom. The lowest BCUT2D eigenvalue weighted by Gasteiger charge is -2.25. The van der Waals surface area contributed by atoms with Crippen LogP contribution in [0.5, 0.6) is 0 Å². The normalized spacial score (nSPS) is 25.7. The zero-order chi connectivity index (χ0) is 10.6. The van der Waals surface area contributed by atoms with Gasteiger partial charge in [0, 0.05) is 6.54 Å². The molecule has 0 saturated carbocycles. The fourth-order valence-corrected chi connectivity index (χ4v) is 2.28. The third kappa shape index (κ3) is 4.22. The molecule has 0 amide bonds. The van der Waals surface area contributed by atoms with E-state index in [1.165, 1.54) is 38.9 Å². The minimum absolute atomic E-state index is 0.568. The van der Waals surface area contributed by atoms with Crippen LogP contribution >= 0.6 is 12.6 Å². The lowest BCUT2D eigenvalue weighted by atomic mass is 9.85. The molecule has 84 valence electrons. The lowest BCUT2D eigenvalue weighted by molar-refractivity contribution is 0.240. The summed E-state index contributed by atoms with van der Waals surface area (Å²) in [6, 6.07) is 0. The average Bonchev–Trinajstić information content (AvgIpc) is 2.28. The molecule has 14 heavy (non-hydrogen) atoms. The molecule has 0 N–H and O–H groups in total. The fraction of sp³-hybridized carbons (Fsp3) is 1.00. The molecule has 0 spiro atoms. The number of hydrogen-bond acceptors (Lipinski definition) is 2. The van der Waals surface area contributed by atoms with E-state index in [4.69, 9.17) is 0 Å². The molecule has 1 heterocycles. The second kappa shape index (κ2) is 5.41. The number of hydrogen-bond donors (Lipinski definition) is 1. The largest absolute Gasteiger partial charge is 0.303 e. The van der Waals surface area contributed by atoms with Crippen molar-refractivity contribution < 1.29 is 0 Å². The Labute approximate surface area is 94.7 Å². The van der Waals surface area contributed by atoms with Gasteiger partial charge in [-0.1, -0.05) is 20.8 Å². The number of nitrogens with zero attached hydrogens (tertiary/aromatic N) is 1. The zero-order valence-electron chi connectivity index (χ0n) is 9.92. The molecule has 1 atom stereocenters. The summed E-state index contributed by atoms with van der Waals surface area (Å²) >= 11 is 4.35. The summed E-state index contributed by atoms with van der Waals surface area (Å²) in [7, 11) is 0. The maximum absolute atomic E-state index is 4.35. The van der Waals surface area contributed by atoms with Crippen molar-refractivity contribution in [1.82, 2.24) is 4.90 Å². The summed E-state index contributed by atoms with van der Waals surface area (Å²) in [6.45, 7) is 10.9. The number of rotatable bonds is 3. The van der Waals surface area contributed by atoms with Crippen LogP contribution in [-0.4, -0.2) is 30.3 Å². The van der Waals surface area contributed by atoms with E-state index in [0.29, 0.717) is 5.41 Å². The summed E-state index contributed by atoms with van der Waals surface area (Å²) in [5, 5.41) is 0. The molecule has 0 aromatic rings. The molecule has 1 unspecified atom stereocenters. The van der Waals surface area contributed by atoms with Crippen molar-refractivity contribution in [2.45, 2.75) is 40.0 Å². The van der Waals surface area contributed by atoms with Gasteiger partial charge >= 0.3 is 0 Å². The van der Waals surface area contributed by atoms with E-state index in [0.717, 1.165) is 11.7 Å². The van der Waals surface area contributed by atoms with Crippen LogP contribution in [0.2, 0.25) is 0 Å². The van der Waals surface area contributed by atoms with Crippen molar-refractivity contribution in [3.05, 3.63) is 0 Å². The average molecular weight is 215 g/mol. The first-order valence-corrected chi connectivity index (χ1v) is 6.50. The molecule has 0 aromatic heterocycles. The van der Waals surface area contributed by atoms with E-state index in [9.17, 15) is 0 Å². The maximum Gasteiger partial charge on any atom is 0.00148 e. The van der Waals surface area contributed by atoms with Gasteiger partial charge in [-0.05, 0) is 49.4 Å². The van der Waals surface area contributed by atoms with E-state index in [1.54, 1.807) is 0 Å². The van der Waals surface area contributed by atoms with E-state index in [2.05, 4.69) is 38.3 Å². The van der Waals surface area contributed by atoms with Crippen molar-refractivity contribution in [1.29, 1.82) is 0 Å². The summed E-state index contributed by atoms with van der Waals surface area (Å²) in [6.07, 6.45) is 4.11. The van der Waals surface area contributed by atoms with E-state index >= 15 is 0 Å². The molecule has 0 aliphatic carbocycles. The summed E-state index contributed by atoms with van der Waals surface area (Å²) in [4.78, 5) is 2.62. The standard InChI is InChI=1S/C12H25NS/c1-11(10-14)9-13-7-4-5-12(2,3)6-8-13/h11,14H,4-10H2,1-3H3. The van der Waals surface area contributed by atoms with Gasteiger partial charge in [0.2, 0.25) is 0 Å². The molecule has 1 aliphatic rings. The number of likely N-dealkylation sites (tertiary alicyclic amines) is 1. The second-order valence-electron chi connectivity index (χ2n) is 5.61. The Morgan fingerprint density at radius 1 is 1.29 bits per heavy atom. The first-order valence-electron chi connectivity index (χ1n) is 5.87. The first kappa shape index (κ1) is 12.4. The van der Waals surface area contributed by atoms with Crippen LogP contribution in [0.4, 0.5) is 0 Å². The molecular weight excluding hydrogens is 190 g/mol. The Bertz CT molecular complexity index is 168. The number of thiol groups is 1. The van der Waals surface area contributed by atoms with Crippen LogP contribution < -0.4 is 0 Å². The van der Waals surface area contributed by atoms with Crippen LogP contribution in [0.3, 0.4) is 0 Å². The van der Waals surface area contributed by atoms with Gasteiger partial charge in [0.25, 0.3) is 0 Å². The van der Waals surface area contributed by atoms with Crippen LogP contribution in [-0.2, 0) is 0 Å². The maximum atomic E-state index is 4.35. The van der Waals surface area contributed by atoms with Gasteiger partial charge in [-0.15, -0.1) is 0 Å². The Morgan fingerprint density at radius 2 is 2.00 bits per heavy atom. The highest BCUT2D eigenvalue weighted by atomic mass is 32.1. The molecule has 0 aromatic carbocycles. The third-order valence-electron chi connectivity index (χ3n) is 3.31. The molecule has 2 heteroatoms. The monoisotopic (exact) mass is 215 g/mol. The molecule has 1 fully saturated rings. The molecule has 0 radical (unpaired) electrons. The van der Waals surface area contributed by atoms with Crippen LogP contribution in [0.25, 0.3) is 0 Å². The van der Waals surface area contributed by atoms with Crippen LogP contribution in [0, 0.1) is 11.3 Å². The summed E-state index contributed by atoms with van der Waals surface area (Å²) < 4.78 is 0. The Balaban J connectivity index is 2.35. The molecule has 1 nitrogen and oxygen atoms in total. The fourth-order valence-electron chi connectivity index (χ4n) is 2.16. The predicted molar refractivity (Wildman–Crippen MR) is 67.1 cm³/mol. The first-order chi connectivity index (χ1) is 6.53. The van der Waals surface area contributed by atoms with E-state index in [1.807, 2.05) is 0 Å². The molecule has 0 bridgehead atoms. The van der Waals surface area contributed by atoms with Crippen molar-refractivity contribution in [3.8, 4) is 0 Å². The van der Waals surface area contributed by atoms with Gasteiger partial charge in [0.15, 0.2) is 0 Å². The van der Waals surface area contributed by atoms with E-state index in [-0.39, 0.29) is 0 Å². The topological polar surface area (TPSA) is 3.24 Å². The van der Waals surface area contributed by atoms with Crippen molar-refractivity contribution in [2.24, 2.45) is 11.3 Å². The minimum atomic E-state index is 0.568. The molecule has 1 saturated heterocycles. The van der Waals surface area contributed by atoms with Crippen LogP contribution in [0.15, 0.2) is 0 Å².